The van der Waals surface area contributed by atoms with Crippen molar-refractivity contribution in [3.05, 3.63) is 0 Å². The third-order valence-corrected chi connectivity index (χ3v) is 4.90. The minimum absolute atomic E-state index is 0.0949. The van der Waals surface area contributed by atoms with E-state index in [1.54, 1.807) is 0 Å². The number of nitrogens with zero attached hydrogens (tertiary/aromatic N) is 1. The van der Waals surface area contributed by atoms with Crippen molar-refractivity contribution in [1.29, 1.82) is 0 Å². The van der Waals surface area contributed by atoms with Gasteiger partial charge in [0.25, 0.3) is 0 Å². The average molecular weight is 233 g/mol. The van der Waals surface area contributed by atoms with Gasteiger partial charge in [-0.05, 0) is 33.1 Å². The van der Waals surface area contributed by atoms with E-state index >= 15 is 0 Å². The van der Waals surface area contributed by atoms with Gasteiger partial charge in [-0.3, -0.25) is 0 Å². The molecular weight excluding hydrogens is 210 g/mol. The SMILES string of the molecule is CC(C)[C@H]1C[C@H](CO)N1[S@](=O)C(C)(C)C. The predicted molar refractivity (Wildman–Crippen MR) is 63.9 cm³/mol. The summed E-state index contributed by atoms with van der Waals surface area (Å²) in [4.78, 5) is 0. The molecule has 1 rings (SSSR count). The molecule has 0 aromatic heterocycles. The van der Waals surface area contributed by atoms with Crippen molar-refractivity contribution in [3.63, 3.8) is 0 Å². The van der Waals surface area contributed by atoms with Crippen molar-refractivity contribution in [2.75, 3.05) is 6.61 Å². The lowest BCUT2D eigenvalue weighted by Crippen LogP contribution is -2.62. The molecule has 0 aromatic rings. The second kappa shape index (κ2) is 4.52. The maximum atomic E-state index is 12.3. The maximum absolute atomic E-state index is 12.3. The molecule has 0 spiro atoms. The molecule has 0 amide bonds. The smallest absolute Gasteiger partial charge is 0.100 e. The van der Waals surface area contributed by atoms with Crippen molar-refractivity contribution in [1.82, 2.24) is 4.31 Å². The van der Waals surface area contributed by atoms with Crippen LogP contribution >= 0.6 is 0 Å². The van der Waals surface area contributed by atoms with Gasteiger partial charge in [-0.1, -0.05) is 13.8 Å². The Morgan fingerprint density at radius 2 is 2.00 bits per heavy atom. The highest BCUT2D eigenvalue weighted by molar-refractivity contribution is 7.84. The molecule has 1 fully saturated rings. The summed E-state index contributed by atoms with van der Waals surface area (Å²) >= 11 is 0. The Labute approximate surface area is 95.4 Å². The molecule has 3 nitrogen and oxygen atoms in total. The summed E-state index contributed by atoms with van der Waals surface area (Å²) < 4.78 is 14.0. The molecule has 0 aliphatic carbocycles. The first kappa shape index (κ1) is 13.1. The lowest BCUT2D eigenvalue weighted by Gasteiger charge is -2.50. The van der Waals surface area contributed by atoms with E-state index in [1.807, 2.05) is 25.1 Å². The molecule has 0 radical (unpaired) electrons. The molecule has 1 saturated heterocycles. The lowest BCUT2D eigenvalue weighted by atomic mass is 9.89. The van der Waals surface area contributed by atoms with Gasteiger partial charge in [0.2, 0.25) is 0 Å². The van der Waals surface area contributed by atoms with Crippen LogP contribution in [0.5, 0.6) is 0 Å². The average Bonchev–Trinajstić information content (AvgIpc) is 2.00. The van der Waals surface area contributed by atoms with Crippen LogP contribution in [-0.2, 0) is 11.0 Å². The number of aliphatic hydroxyl groups is 1. The van der Waals surface area contributed by atoms with Crippen molar-refractivity contribution in [3.8, 4) is 0 Å². The van der Waals surface area contributed by atoms with Crippen LogP contribution < -0.4 is 0 Å². The van der Waals surface area contributed by atoms with Gasteiger partial charge in [0.1, 0.15) is 11.0 Å². The van der Waals surface area contributed by atoms with Gasteiger partial charge in [-0.25, -0.2) is 8.51 Å². The van der Waals surface area contributed by atoms with Gasteiger partial charge in [0, 0.05) is 12.1 Å². The summed E-state index contributed by atoms with van der Waals surface area (Å²) in [5.74, 6) is 0.499. The minimum Gasteiger partial charge on any atom is -0.395 e. The summed E-state index contributed by atoms with van der Waals surface area (Å²) in [5.41, 5.74) is 0. The van der Waals surface area contributed by atoms with E-state index < -0.39 is 11.0 Å². The largest absolute Gasteiger partial charge is 0.395 e. The van der Waals surface area contributed by atoms with E-state index in [0.29, 0.717) is 12.0 Å². The molecule has 1 aliphatic rings. The second-order valence-electron chi connectivity index (χ2n) is 5.60. The Hall–Kier alpha value is 0.0700. The van der Waals surface area contributed by atoms with Gasteiger partial charge >= 0.3 is 0 Å². The van der Waals surface area contributed by atoms with Crippen LogP contribution in [0.1, 0.15) is 41.0 Å². The first-order chi connectivity index (χ1) is 6.79. The topological polar surface area (TPSA) is 40.5 Å². The number of aliphatic hydroxyl groups excluding tert-OH is 1. The van der Waals surface area contributed by atoms with Gasteiger partial charge in [0.15, 0.2) is 0 Å². The zero-order chi connectivity index (χ0) is 11.8. The predicted octanol–water partition coefficient (Wildman–Crippen LogP) is 1.54. The molecule has 0 unspecified atom stereocenters. The van der Waals surface area contributed by atoms with E-state index in [-0.39, 0.29) is 17.4 Å². The standard InChI is InChI=1S/C11H23NO2S/c1-8(2)10-6-9(7-13)12(10)15(14)11(3,4)5/h8-10,13H,6-7H2,1-5H3/t9-,10-,15-/m1/s1. The van der Waals surface area contributed by atoms with Crippen LogP contribution in [0.2, 0.25) is 0 Å². The third-order valence-electron chi connectivity index (χ3n) is 2.90. The molecule has 0 aromatic carbocycles. The summed E-state index contributed by atoms with van der Waals surface area (Å²) in [6.07, 6.45) is 0.968. The Morgan fingerprint density at radius 3 is 2.33 bits per heavy atom. The summed E-state index contributed by atoms with van der Waals surface area (Å²) in [7, 11) is -1.00. The van der Waals surface area contributed by atoms with Crippen LogP contribution in [0.25, 0.3) is 0 Å². The fraction of sp³-hybridized carbons (Fsp3) is 1.00. The van der Waals surface area contributed by atoms with Gasteiger partial charge in [-0.2, -0.15) is 0 Å². The molecule has 1 heterocycles. The highest BCUT2D eigenvalue weighted by atomic mass is 32.2. The summed E-state index contributed by atoms with van der Waals surface area (Å²) in [6, 6.07) is 0.458. The Bertz CT molecular complexity index is 247. The first-order valence-corrected chi connectivity index (χ1v) is 6.71. The molecule has 4 heteroatoms. The minimum atomic E-state index is -1.00. The van der Waals surface area contributed by atoms with Gasteiger partial charge in [0.05, 0.1) is 11.4 Å². The highest BCUT2D eigenvalue weighted by Gasteiger charge is 2.45. The monoisotopic (exact) mass is 233 g/mol. The molecule has 90 valence electrons. The van der Waals surface area contributed by atoms with E-state index in [1.165, 1.54) is 0 Å². The zero-order valence-electron chi connectivity index (χ0n) is 10.4. The third kappa shape index (κ3) is 2.60. The van der Waals surface area contributed by atoms with Crippen LogP contribution in [-0.4, -0.2) is 37.1 Å². The summed E-state index contributed by atoms with van der Waals surface area (Å²) in [6.45, 7) is 10.3. The van der Waals surface area contributed by atoms with Crippen molar-refractivity contribution in [2.45, 2.75) is 57.9 Å². The Kier molecular flexibility index (Phi) is 3.95. The van der Waals surface area contributed by atoms with Gasteiger partial charge in [-0.15, -0.1) is 0 Å². The molecule has 1 N–H and O–H groups in total. The number of hydrogen-bond acceptors (Lipinski definition) is 2. The Balaban J connectivity index is 2.76. The molecule has 0 bridgehead atoms. The van der Waals surface area contributed by atoms with E-state index in [0.717, 1.165) is 6.42 Å². The fourth-order valence-corrected chi connectivity index (χ4v) is 3.55. The molecular formula is C11H23NO2S. The maximum Gasteiger partial charge on any atom is 0.100 e. The van der Waals surface area contributed by atoms with Crippen LogP contribution in [0.4, 0.5) is 0 Å². The molecule has 3 atom stereocenters. The van der Waals surface area contributed by atoms with Crippen molar-refractivity contribution >= 4 is 11.0 Å². The van der Waals surface area contributed by atoms with Crippen LogP contribution in [0.15, 0.2) is 0 Å². The quantitative estimate of drug-likeness (QED) is 0.803. The van der Waals surface area contributed by atoms with Crippen molar-refractivity contribution < 1.29 is 9.32 Å². The lowest BCUT2D eigenvalue weighted by molar-refractivity contribution is 0.0374. The zero-order valence-corrected chi connectivity index (χ0v) is 11.2. The molecule has 0 saturated carbocycles. The van der Waals surface area contributed by atoms with Crippen LogP contribution in [0, 0.1) is 5.92 Å². The van der Waals surface area contributed by atoms with E-state index in [9.17, 15) is 9.32 Å². The molecule has 1 aliphatic heterocycles. The van der Waals surface area contributed by atoms with E-state index in [4.69, 9.17) is 0 Å². The number of hydrogen-bond donors (Lipinski definition) is 1. The van der Waals surface area contributed by atoms with Crippen LogP contribution in [0.3, 0.4) is 0 Å². The fourth-order valence-electron chi connectivity index (χ4n) is 1.91. The molecule has 15 heavy (non-hydrogen) atoms. The van der Waals surface area contributed by atoms with Gasteiger partial charge < -0.3 is 5.11 Å². The first-order valence-electron chi connectivity index (χ1n) is 5.60. The number of rotatable bonds is 3. The highest BCUT2D eigenvalue weighted by Crippen LogP contribution is 2.35. The normalized spacial score (nSPS) is 30.3. The second-order valence-corrected chi connectivity index (χ2v) is 7.75. The van der Waals surface area contributed by atoms with E-state index in [2.05, 4.69) is 13.8 Å². The Morgan fingerprint density at radius 1 is 1.47 bits per heavy atom. The summed E-state index contributed by atoms with van der Waals surface area (Å²) in [5, 5.41) is 9.19. The van der Waals surface area contributed by atoms with Crippen molar-refractivity contribution in [2.24, 2.45) is 5.92 Å².